The van der Waals surface area contributed by atoms with E-state index < -0.39 is 0 Å². The Morgan fingerprint density at radius 3 is 1.50 bits per heavy atom. The summed E-state index contributed by atoms with van der Waals surface area (Å²) in [7, 11) is 0. The molecule has 102 valence electrons. The van der Waals surface area contributed by atoms with Gasteiger partial charge in [0.2, 0.25) is 11.6 Å². The molecular formula is C14H12N2O4. The average molecular weight is 272 g/mol. The number of ether oxygens (including phenoxy) is 2. The third-order valence-corrected chi connectivity index (χ3v) is 2.97. The van der Waals surface area contributed by atoms with Gasteiger partial charge in [-0.1, -0.05) is 24.3 Å². The number of aliphatic imine (C=N–C) groups is 2. The van der Waals surface area contributed by atoms with Crippen LogP contribution in [-0.4, -0.2) is 49.7 Å². The summed E-state index contributed by atoms with van der Waals surface area (Å²) in [6.07, 6.45) is 0. The van der Waals surface area contributed by atoms with Crippen LogP contribution in [-0.2, 0) is 9.47 Å². The molecule has 0 aromatic heterocycles. The molecule has 2 aliphatic heterocycles. The number of benzene rings is 1. The summed E-state index contributed by atoms with van der Waals surface area (Å²) in [6.45, 7) is 1.90. The lowest BCUT2D eigenvalue weighted by atomic mass is 10.1. The van der Waals surface area contributed by atoms with Crippen LogP contribution in [0.2, 0.25) is 0 Å². The molecule has 2 aliphatic rings. The van der Waals surface area contributed by atoms with Crippen LogP contribution in [0.5, 0.6) is 0 Å². The first-order valence-corrected chi connectivity index (χ1v) is 6.29. The van der Waals surface area contributed by atoms with Crippen molar-refractivity contribution in [2.75, 3.05) is 26.3 Å². The fourth-order valence-electron chi connectivity index (χ4n) is 1.96. The van der Waals surface area contributed by atoms with Crippen LogP contribution in [0.3, 0.4) is 0 Å². The summed E-state index contributed by atoms with van der Waals surface area (Å²) < 4.78 is 10.2. The van der Waals surface area contributed by atoms with Gasteiger partial charge in [-0.2, -0.15) is 0 Å². The van der Waals surface area contributed by atoms with Crippen molar-refractivity contribution in [1.82, 2.24) is 0 Å². The maximum Gasteiger partial charge on any atom is 0.258 e. The van der Waals surface area contributed by atoms with Gasteiger partial charge in [-0.05, 0) is 0 Å². The van der Waals surface area contributed by atoms with Gasteiger partial charge < -0.3 is 9.47 Å². The fraction of sp³-hybridized carbons (Fsp3) is 0.286. The fourth-order valence-corrected chi connectivity index (χ4v) is 1.96. The number of carbonyl (C=O) groups is 2. The lowest BCUT2D eigenvalue weighted by molar-refractivity contribution is 0.102. The molecule has 1 aromatic carbocycles. The van der Waals surface area contributed by atoms with Crippen LogP contribution in [0.4, 0.5) is 0 Å². The summed E-state index contributed by atoms with van der Waals surface area (Å²) in [5.41, 5.74) is 0.882. The molecule has 1 aromatic rings. The summed E-state index contributed by atoms with van der Waals surface area (Å²) >= 11 is 0. The topological polar surface area (TPSA) is 77.3 Å². The van der Waals surface area contributed by atoms with Crippen LogP contribution in [0.25, 0.3) is 0 Å². The first-order valence-electron chi connectivity index (χ1n) is 6.29. The van der Waals surface area contributed by atoms with E-state index in [1.807, 2.05) is 0 Å². The van der Waals surface area contributed by atoms with E-state index in [1.54, 1.807) is 24.3 Å². The van der Waals surface area contributed by atoms with Crippen molar-refractivity contribution < 1.29 is 19.1 Å². The van der Waals surface area contributed by atoms with Crippen molar-refractivity contribution in [2.24, 2.45) is 9.98 Å². The minimum atomic E-state index is -0.268. The van der Waals surface area contributed by atoms with Crippen molar-refractivity contribution >= 4 is 23.4 Å². The third-order valence-electron chi connectivity index (χ3n) is 2.97. The second-order valence-corrected chi connectivity index (χ2v) is 4.31. The van der Waals surface area contributed by atoms with Gasteiger partial charge >= 0.3 is 0 Å². The zero-order chi connectivity index (χ0) is 13.9. The van der Waals surface area contributed by atoms with Crippen LogP contribution < -0.4 is 0 Å². The van der Waals surface area contributed by atoms with Gasteiger partial charge in [-0.15, -0.1) is 0 Å². The molecule has 0 atom stereocenters. The maximum atomic E-state index is 12.0. The number of carbonyl (C=O) groups excluding carboxylic acids is 2. The second kappa shape index (κ2) is 5.24. The Bertz CT molecular complexity index is 562. The van der Waals surface area contributed by atoms with Gasteiger partial charge in [0.15, 0.2) is 0 Å². The molecule has 6 heteroatoms. The Morgan fingerprint density at radius 2 is 1.20 bits per heavy atom. The first kappa shape index (κ1) is 12.5. The minimum Gasteiger partial charge on any atom is -0.473 e. The van der Waals surface area contributed by atoms with Crippen LogP contribution in [0, 0.1) is 0 Å². The van der Waals surface area contributed by atoms with Gasteiger partial charge in [0.05, 0.1) is 13.1 Å². The average Bonchev–Trinajstić information content (AvgIpc) is 3.18. The van der Waals surface area contributed by atoms with E-state index in [-0.39, 0.29) is 23.4 Å². The van der Waals surface area contributed by atoms with E-state index in [4.69, 9.17) is 9.47 Å². The molecule has 2 heterocycles. The normalized spacial score (nSPS) is 17.0. The van der Waals surface area contributed by atoms with E-state index in [1.165, 1.54) is 0 Å². The zero-order valence-electron chi connectivity index (χ0n) is 10.7. The number of rotatable bonds is 4. The molecule has 0 radical (unpaired) electrons. The molecule has 0 N–H and O–H groups in total. The highest BCUT2D eigenvalue weighted by molar-refractivity contribution is 6.44. The lowest BCUT2D eigenvalue weighted by Gasteiger charge is -2.03. The number of nitrogens with zero attached hydrogens (tertiary/aromatic N) is 2. The van der Waals surface area contributed by atoms with Crippen molar-refractivity contribution in [3.05, 3.63) is 35.4 Å². The molecule has 0 spiro atoms. The molecule has 20 heavy (non-hydrogen) atoms. The number of ketones is 2. The van der Waals surface area contributed by atoms with Crippen molar-refractivity contribution in [2.45, 2.75) is 0 Å². The first-order chi connectivity index (χ1) is 9.75. The van der Waals surface area contributed by atoms with E-state index in [0.29, 0.717) is 37.4 Å². The van der Waals surface area contributed by atoms with Crippen molar-refractivity contribution in [3.8, 4) is 0 Å². The molecule has 0 amide bonds. The third kappa shape index (κ3) is 2.32. The highest BCUT2D eigenvalue weighted by Crippen LogP contribution is 2.11. The monoisotopic (exact) mass is 272 g/mol. The quantitative estimate of drug-likeness (QED) is 0.763. The minimum absolute atomic E-state index is 0.132. The number of hydrogen-bond donors (Lipinski definition) is 0. The predicted molar refractivity (Wildman–Crippen MR) is 71.6 cm³/mol. The smallest absolute Gasteiger partial charge is 0.258 e. The standard InChI is InChI=1S/C14H12N2O4/c17-11(13-15-5-7-19-13)9-1-2-10(4-3-9)12(18)14-16-6-8-20-14/h1-4H,5-8H2. The largest absolute Gasteiger partial charge is 0.473 e. The Morgan fingerprint density at radius 1 is 0.800 bits per heavy atom. The Hall–Kier alpha value is -2.50. The SMILES string of the molecule is O=C(C1=NCCO1)c1ccc(C(=O)C2=NCCO2)cc1. The van der Waals surface area contributed by atoms with Gasteiger partial charge in [-0.25, -0.2) is 9.98 Å². The molecule has 0 aliphatic carbocycles. The molecule has 0 unspecified atom stereocenters. The Labute approximate surface area is 115 Å². The van der Waals surface area contributed by atoms with E-state index in [9.17, 15) is 9.59 Å². The van der Waals surface area contributed by atoms with Gasteiger partial charge in [0.1, 0.15) is 13.2 Å². The molecule has 3 rings (SSSR count). The van der Waals surface area contributed by atoms with Crippen LogP contribution >= 0.6 is 0 Å². The Kier molecular flexibility index (Phi) is 3.28. The molecule has 0 fully saturated rings. The van der Waals surface area contributed by atoms with Gasteiger partial charge in [-0.3, -0.25) is 9.59 Å². The summed E-state index contributed by atoms with van der Waals surface area (Å²) in [5, 5.41) is 0. The predicted octanol–water partition coefficient (Wildman–Crippen LogP) is 0.909. The summed E-state index contributed by atoms with van der Waals surface area (Å²) in [6, 6.07) is 6.31. The Balaban J connectivity index is 1.77. The zero-order valence-corrected chi connectivity index (χ0v) is 10.7. The van der Waals surface area contributed by atoms with Gasteiger partial charge in [0.25, 0.3) is 11.8 Å². The van der Waals surface area contributed by atoms with Crippen molar-refractivity contribution in [1.29, 1.82) is 0 Å². The van der Waals surface area contributed by atoms with E-state index >= 15 is 0 Å². The van der Waals surface area contributed by atoms with Crippen LogP contribution in [0.15, 0.2) is 34.3 Å². The van der Waals surface area contributed by atoms with Crippen LogP contribution in [0.1, 0.15) is 20.7 Å². The number of hydrogen-bond acceptors (Lipinski definition) is 6. The molecular weight excluding hydrogens is 260 g/mol. The summed E-state index contributed by atoms with van der Waals surface area (Å²) in [4.78, 5) is 31.9. The van der Waals surface area contributed by atoms with Crippen molar-refractivity contribution in [3.63, 3.8) is 0 Å². The van der Waals surface area contributed by atoms with Gasteiger partial charge in [0, 0.05) is 11.1 Å². The number of Topliss-reactive ketones (excluding diaryl/α,β-unsaturated/α-hetero) is 2. The van der Waals surface area contributed by atoms with E-state index in [0.717, 1.165) is 0 Å². The summed E-state index contributed by atoms with van der Waals surface area (Å²) in [5.74, 6) is -0.271. The maximum absolute atomic E-state index is 12.0. The highest BCUT2D eigenvalue weighted by Gasteiger charge is 2.21. The molecule has 6 nitrogen and oxygen atoms in total. The lowest BCUT2D eigenvalue weighted by Crippen LogP contribution is -2.16. The second-order valence-electron chi connectivity index (χ2n) is 4.31. The molecule has 0 bridgehead atoms. The van der Waals surface area contributed by atoms with E-state index in [2.05, 4.69) is 9.98 Å². The molecule has 0 saturated heterocycles. The highest BCUT2D eigenvalue weighted by atomic mass is 16.5. The molecule has 0 saturated carbocycles.